The SMILES string of the molecule is CCOC(=O)c1nnnn1CC(=O)Nc1ccc(F)cc1. The smallest absolute Gasteiger partial charge is 0.378 e. The van der Waals surface area contributed by atoms with Crippen LogP contribution in [-0.4, -0.2) is 38.7 Å². The predicted octanol–water partition coefficient (Wildman–Crippen LogP) is 0.628. The van der Waals surface area contributed by atoms with Crippen LogP contribution in [0, 0.1) is 5.82 Å². The van der Waals surface area contributed by atoms with Crippen molar-refractivity contribution < 1.29 is 18.7 Å². The van der Waals surface area contributed by atoms with Crippen LogP contribution in [0.1, 0.15) is 17.5 Å². The van der Waals surface area contributed by atoms with Crippen LogP contribution in [0.2, 0.25) is 0 Å². The molecule has 0 aliphatic carbocycles. The lowest BCUT2D eigenvalue weighted by Crippen LogP contribution is -2.23. The molecule has 1 amide bonds. The summed E-state index contributed by atoms with van der Waals surface area (Å²) < 4.78 is 18.5. The molecule has 1 N–H and O–H groups in total. The van der Waals surface area contributed by atoms with Crippen molar-refractivity contribution in [2.45, 2.75) is 13.5 Å². The number of aromatic nitrogens is 4. The summed E-state index contributed by atoms with van der Waals surface area (Å²) in [6.07, 6.45) is 0. The second-order valence-electron chi connectivity index (χ2n) is 3.94. The standard InChI is InChI=1S/C12H12FN5O3/c1-2-21-12(20)11-15-16-17-18(11)7-10(19)14-9-5-3-8(13)4-6-9/h3-6H,2,7H2,1H3,(H,14,19). The van der Waals surface area contributed by atoms with Crippen molar-refractivity contribution in [3.8, 4) is 0 Å². The van der Waals surface area contributed by atoms with E-state index in [1.165, 1.54) is 24.3 Å². The van der Waals surface area contributed by atoms with Gasteiger partial charge in [0, 0.05) is 5.69 Å². The Morgan fingerprint density at radius 1 is 1.33 bits per heavy atom. The molecule has 0 bridgehead atoms. The quantitative estimate of drug-likeness (QED) is 0.812. The number of anilines is 1. The minimum Gasteiger partial charge on any atom is -0.460 e. The number of tetrazole rings is 1. The molecule has 0 saturated carbocycles. The van der Waals surface area contributed by atoms with Crippen molar-refractivity contribution >= 4 is 17.6 Å². The zero-order chi connectivity index (χ0) is 15.2. The van der Waals surface area contributed by atoms with E-state index in [1.54, 1.807) is 6.92 Å². The maximum atomic E-state index is 12.7. The number of esters is 1. The van der Waals surface area contributed by atoms with Crippen molar-refractivity contribution in [2.75, 3.05) is 11.9 Å². The Hall–Kier alpha value is -2.84. The number of nitrogens with zero attached hydrogens (tertiary/aromatic N) is 4. The highest BCUT2D eigenvalue weighted by molar-refractivity contribution is 5.91. The number of rotatable bonds is 5. The van der Waals surface area contributed by atoms with Crippen molar-refractivity contribution in [3.63, 3.8) is 0 Å². The first kappa shape index (κ1) is 14.6. The van der Waals surface area contributed by atoms with E-state index in [1.807, 2.05) is 0 Å². The van der Waals surface area contributed by atoms with Crippen LogP contribution in [0.5, 0.6) is 0 Å². The Bertz CT molecular complexity index is 641. The van der Waals surface area contributed by atoms with Crippen LogP contribution in [0.25, 0.3) is 0 Å². The first-order valence-corrected chi connectivity index (χ1v) is 6.09. The van der Waals surface area contributed by atoms with E-state index in [4.69, 9.17) is 4.74 Å². The van der Waals surface area contributed by atoms with E-state index >= 15 is 0 Å². The van der Waals surface area contributed by atoms with Gasteiger partial charge in [-0.1, -0.05) is 0 Å². The zero-order valence-electron chi connectivity index (χ0n) is 11.1. The van der Waals surface area contributed by atoms with Crippen molar-refractivity contribution in [1.82, 2.24) is 20.2 Å². The number of carbonyl (C=O) groups excluding carboxylic acids is 2. The molecular formula is C12H12FN5O3. The molecule has 1 aromatic heterocycles. The van der Waals surface area contributed by atoms with E-state index in [2.05, 4.69) is 20.8 Å². The molecule has 8 nitrogen and oxygen atoms in total. The van der Waals surface area contributed by atoms with Gasteiger partial charge in [0.05, 0.1) is 6.61 Å². The van der Waals surface area contributed by atoms with Crippen LogP contribution in [0.3, 0.4) is 0 Å². The van der Waals surface area contributed by atoms with Gasteiger partial charge in [-0.05, 0) is 41.6 Å². The second kappa shape index (κ2) is 6.55. The van der Waals surface area contributed by atoms with Gasteiger partial charge in [-0.15, -0.1) is 5.10 Å². The highest BCUT2D eigenvalue weighted by atomic mass is 19.1. The molecule has 21 heavy (non-hydrogen) atoms. The van der Waals surface area contributed by atoms with Gasteiger partial charge in [-0.25, -0.2) is 13.9 Å². The summed E-state index contributed by atoms with van der Waals surface area (Å²) in [5, 5.41) is 12.9. The molecule has 0 radical (unpaired) electrons. The van der Waals surface area contributed by atoms with E-state index in [0.717, 1.165) is 4.68 Å². The fourth-order valence-corrected chi connectivity index (χ4v) is 1.52. The zero-order valence-corrected chi connectivity index (χ0v) is 11.1. The highest BCUT2D eigenvalue weighted by Gasteiger charge is 2.18. The third-order valence-electron chi connectivity index (χ3n) is 2.41. The Morgan fingerprint density at radius 3 is 2.71 bits per heavy atom. The number of hydrogen-bond acceptors (Lipinski definition) is 6. The number of hydrogen-bond donors (Lipinski definition) is 1. The monoisotopic (exact) mass is 293 g/mol. The van der Waals surface area contributed by atoms with Gasteiger partial charge in [-0.3, -0.25) is 4.79 Å². The predicted molar refractivity (Wildman–Crippen MR) is 68.8 cm³/mol. The Balaban J connectivity index is 2.01. The number of nitrogens with one attached hydrogen (secondary N) is 1. The number of amides is 1. The van der Waals surface area contributed by atoms with Crippen LogP contribution in [-0.2, 0) is 16.1 Å². The minimum atomic E-state index is -0.711. The summed E-state index contributed by atoms with van der Waals surface area (Å²) in [7, 11) is 0. The molecule has 1 heterocycles. The van der Waals surface area contributed by atoms with Gasteiger partial charge >= 0.3 is 5.97 Å². The van der Waals surface area contributed by atoms with Crippen molar-refractivity contribution in [1.29, 1.82) is 0 Å². The Kier molecular flexibility index (Phi) is 4.54. The highest BCUT2D eigenvalue weighted by Crippen LogP contribution is 2.08. The molecule has 0 saturated heterocycles. The molecule has 0 fully saturated rings. The largest absolute Gasteiger partial charge is 0.460 e. The van der Waals surface area contributed by atoms with Gasteiger partial charge in [0.25, 0.3) is 5.82 Å². The van der Waals surface area contributed by atoms with Crippen LogP contribution in [0.15, 0.2) is 24.3 Å². The molecule has 0 aliphatic heterocycles. The molecule has 0 aliphatic rings. The number of carbonyl (C=O) groups is 2. The summed E-state index contributed by atoms with van der Waals surface area (Å²) in [6, 6.07) is 5.27. The molecule has 0 atom stereocenters. The van der Waals surface area contributed by atoms with Crippen molar-refractivity contribution in [2.24, 2.45) is 0 Å². The average molecular weight is 293 g/mol. The molecule has 110 valence electrons. The van der Waals surface area contributed by atoms with Crippen molar-refractivity contribution in [3.05, 3.63) is 35.9 Å². The molecule has 2 aromatic rings. The summed E-state index contributed by atoms with van der Waals surface area (Å²) in [6.45, 7) is 1.55. The van der Waals surface area contributed by atoms with Gasteiger partial charge < -0.3 is 10.1 Å². The Morgan fingerprint density at radius 2 is 2.05 bits per heavy atom. The maximum absolute atomic E-state index is 12.7. The molecule has 0 spiro atoms. The van der Waals surface area contributed by atoms with Crippen LogP contribution < -0.4 is 5.32 Å². The average Bonchev–Trinajstić information content (AvgIpc) is 2.90. The second-order valence-corrected chi connectivity index (χ2v) is 3.94. The summed E-state index contributed by atoms with van der Waals surface area (Å²) >= 11 is 0. The molecular weight excluding hydrogens is 281 g/mol. The van der Waals surface area contributed by atoms with Gasteiger partial charge in [-0.2, -0.15) is 0 Å². The Labute approximate surface area is 118 Å². The lowest BCUT2D eigenvalue weighted by atomic mass is 10.3. The van der Waals surface area contributed by atoms with Crippen LogP contribution >= 0.6 is 0 Å². The van der Waals surface area contributed by atoms with E-state index in [9.17, 15) is 14.0 Å². The summed E-state index contributed by atoms with van der Waals surface area (Å²) in [5.41, 5.74) is 0.423. The molecule has 0 unspecified atom stereocenters. The fourth-order valence-electron chi connectivity index (χ4n) is 1.52. The number of halogens is 1. The molecule has 2 rings (SSSR count). The molecule has 9 heteroatoms. The third kappa shape index (κ3) is 3.81. The first-order valence-electron chi connectivity index (χ1n) is 6.09. The van der Waals surface area contributed by atoms with Gasteiger partial charge in [0.2, 0.25) is 5.91 Å². The van der Waals surface area contributed by atoms with Gasteiger partial charge in [0.1, 0.15) is 12.4 Å². The fraction of sp³-hybridized carbons (Fsp3) is 0.250. The lowest BCUT2D eigenvalue weighted by Gasteiger charge is -2.06. The van der Waals surface area contributed by atoms with E-state index in [-0.39, 0.29) is 19.0 Å². The van der Waals surface area contributed by atoms with E-state index < -0.39 is 17.7 Å². The van der Waals surface area contributed by atoms with Gasteiger partial charge in [0.15, 0.2) is 0 Å². The molecule has 1 aromatic carbocycles. The lowest BCUT2D eigenvalue weighted by molar-refractivity contribution is -0.116. The topological polar surface area (TPSA) is 99.0 Å². The summed E-state index contributed by atoms with van der Waals surface area (Å²) in [5.74, 6) is -1.74. The van der Waals surface area contributed by atoms with E-state index in [0.29, 0.717) is 5.69 Å². The number of ether oxygens (including phenoxy) is 1. The maximum Gasteiger partial charge on any atom is 0.378 e. The third-order valence-corrected chi connectivity index (χ3v) is 2.41. The minimum absolute atomic E-state index is 0.161. The summed E-state index contributed by atoms with van der Waals surface area (Å²) in [4.78, 5) is 23.4. The first-order chi connectivity index (χ1) is 10.1. The number of benzene rings is 1. The van der Waals surface area contributed by atoms with Crippen LogP contribution in [0.4, 0.5) is 10.1 Å². The normalized spacial score (nSPS) is 10.2.